The maximum atomic E-state index is 12.5. The fourth-order valence-corrected chi connectivity index (χ4v) is 1.60. The molecule has 1 aromatic rings. The van der Waals surface area contributed by atoms with Gasteiger partial charge in [0, 0.05) is 16.4 Å². The molecule has 0 aliphatic rings. The van der Waals surface area contributed by atoms with Crippen LogP contribution in [0, 0.1) is 0 Å². The lowest BCUT2D eigenvalue weighted by Gasteiger charge is -2.12. The third-order valence-electron chi connectivity index (χ3n) is 1.73. The second-order valence-corrected chi connectivity index (χ2v) is 4.67. The van der Waals surface area contributed by atoms with Crippen LogP contribution in [-0.4, -0.2) is 18.4 Å². The van der Waals surface area contributed by atoms with Crippen molar-refractivity contribution in [2.75, 3.05) is 6.54 Å². The number of rotatable bonds is 3. The highest BCUT2D eigenvalue weighted by Crippen LogP contribution is 2.21. The topological polar surface area (TPSA) is 29.1 Å². The molecule has 0 aromatic heterocycles. The molecular formula is C10H9BrClF2NO. The lowest BCUT2D eigenvalue weighted by atomic mass is 10.2. The molecule has 0 aliphatic carbocycles. The number of amides is 1. The first-order valence-corrected chi connectivity index (χ1v) is 5.58. The first-order valence-electron chi connectivity index (χ1n) is 4.41. The summed E-state index contributed by atoms with van der Waals surface area (Å²) in [6.45, 7) is 0.0328. The predicted octanol–water partition coefficient (Wildman–Crippen LogP) is 3.49. The Balaban J connectivity index is 2.77. The lowest BCUT2D eigenvalue weighted by molar-refractivity contribution is 0.0221. The van der Waals surface area contributed by atoms with Crippen LogP contribution in [0.1, 0.15) is 17.3 Å². The quantitative estimate of drug-likeness (QED) is 0.909. The monoisotopic (exact) mass is 311 g/mol. The van der Waals surface area contributed by atoms with Gasteiger partial charge in [0.05, 0.1) is 12.1 Å². The van der Waals surface area contributed by atoms with Crippen molar-refractivity contribution < 1.29 is 13.6 Å². The summed E-state index contributed by atoms with van der Waals surface area (Å²) in [5, 5.41) is 2.50. The molecule has 0 fully saturated rings. The number of hydrogen-bond donors (Lipinski definition) is 1. The number of hydrogen-bond acceptors (Lipinski definition) is 1. The molecule has 0 spiro atoms. The molecular weight excluding hydrogens is 303 g/mol. The molecule has 1 amide bonds. The summed E-state index contributed by atoms with van der Waals surface area (Å²) in [7, 11) is 0. The van der Waals surface area contributed by atoms with Gasteiger partial charge in [0.15, 0.2) is 0 Å². The molecule has 0 atom stereocenters. The molecule has 1 aromatic carbocycles. The van der Waals surface area contributed by atoms with E-state index in [1.54, 1.807) is 12.1 Å². The van der Waals surface area contributed by atoms with Gasteiger partial charge in [-0.15, -0.1) is 0 Å². The molecule has 0 saturated heterocycles. The minimum atomic E-state index is -2.93. The Kier molecular flexibility index (Phi) is 4.27. The molecule has 88 valence electrons. The zero-order valence-corrected chi connectivity index (χ0v) is 10.7. The van der Waals surface area contributed by atoms with E-state index < -0.39 is 18.4 Å². The molecule has 1 rings (SSSR count). The summed E-state index contributed by atoms with van der Waals surface area (Å²) >= 11 is 8.85. The van der Waals surface area contributed by atoms with Crippen molar-refractivity contribution in [3.8, 4) is 0 Å². The Bertz CT molecular complexity index is 406. The summed E-state index contributed by atoms with van der Waals surface area (Å²) in [5.41, 5.74) is 0.233. The molecule has 0 unspecified atom stereocenters. The van der Waals surface area contributed by atoms with Crippen LogP contribution < -0.4 is 5.32 Å². The zero-order valence-electron chi connectivity index (χ0n) is 8.36. The average Bonchev–Trinajstić information content (AvgIpc) is 2.17. The van der Waals surface area contributed by atoms with Crippen molar-refractivity contribution in [3.63, 3.8) is 0 Å². The number of benzene rings is 1. The van der Waals surface area contributed by atoms with Crippen LogP contribution in [0.25, 0.3) is 0 Å². The van der Waals surface area contributed by atoms with Crippen LogP contribution in [0.4, 0.5) is 8.78 Å². The maximum Gasteiger partial charge on any atom is 0.262 e. The van der Waals surface area contributed by atoms with Gasteiger partial charge >= 0.3 is 0 Å². The van der Waals surface area contributed by atoms with Gasteiger partial charge in [-0.05, 0) is 34.1 Å². The Hall–Kier alpha value is -0.680. The molecule has 0 radical (unpaired) electrons. The molecule has 0 aliphatic heterocycles. The van der Waals surface area contributed by atoms with Crippen LogP contribution in [0.5, 0.6) is 0 Å². The maximum absolute atomic E-state index is 12.5. The number of halogens is 4. The van der Waals surface area contributed by atoms with Crippen LogP contribution in [-0.2, 0) is 0 Å². The number of carbonyl (C=O) groups excluding carboxylic acids is 1. The molecule has 0 heterocycles. The van der Waals surface area contributed by atoms with E-state index in [1.165, 1.54) is 6.07 Å². The number of alkyl halides is 2. The van der Waals surface area contributed by atoms with Gasteiger partial charge in [0.25, 0.3) is 11.8 Å². The molecule has 6 heteroatoms. The van der Waals surface area contributed by atoms with Gasteiger partial charge in [-0.3, -0.25) is 4.79 Å². The van der Waals surface area contributed by atoms with Crippen molar-refractivity contribution in [2.45, 2.75) is 12.8 Å². The minimum Gasteiger partial charge on any atom is -0.346 e. The third kappa shape index (κ3) is 4.06. The van der Waals surface area contributed by atoms with E-state index in [0.29, 0.717) is 9.50 Å². The van der Waals surface area contributed by atoms with Crippen LogP contribution in [0.3, 0.4) is 0 Å². The van der Waals surface area contributed by atoms with Gasteiger partial charge in [0.1, 0.15) is 0 Å². The van der Waals surface area contributed by atoms with Crippen molar-refractivity contribution >= 4 is 33.4 Å². The van der Waals surface area contributed by atoms with E-state index in [4.69, 9.17) is 11.6 Å². The van der Waals surface area contributed by atoms with Gasteiger partial charge in [-0.1, -0.05) is 11.6 Å². The molecule has 0 saturated carbocycles. The van der Waals surface area contributed by atoms with Crippen molar-refractivity contribution in [1.82, 2.24) is 5.32 Å². The Morgan fingerprint density at radius 1 is 1.56 bits per heavy atom. The minimum absolute atomic E-state index is 0.233. The van der Waals surface area contributed by atoms with E-state index in [2.05, 4.69) is 21.2 Å². The largest absolute Gasteiger partial charge is 0.346 e. The average molecular weight is 313 g/mol. The summed E-state index contributed by atoms with van der Waals surface area (Å²) in [6.07, 6.45) is 0. The first kappa shape index (κ1) is 13.4. The van der Waals surface area contributed by atoms with Gasteiger partial charge in [-0.25, -0.2) is 8.78 Å². The summed E-state index contributed by atoms with van der Waals surface area (Å²) < 4.78 is 25.6. The van der Waals surface area contributed by atoms with E-state index in [1.807, 2.05) is 0 Å². The number of carbonyl (C=O) groups is 1. The van der Waals surface area contributed by atoms with Gasteiger partial charge in [-0.2, -0.15) is 0 Å². The Morgan fingerprint density at radius 2 is 2.19 bits per heavy atom. The zero-order chi connectivity index (χ0) is 12.3. The summed E-state index contributed by atoms with van der Waals surface area (Å²) in [6, 6.07) is 4.59. The highest BCUT2D eigenvalue weighted by Gasteiger charge is 2.22. The summed E-state index contributed by atoms with van der Waals surface area (Å²) in [5.74, 6) is -3.52. The Labute approximate surface area is 105 Å². The Morgan fingerprint density at radius 3 is 2.75 bits per heavy atom. The van der Waals surface area contributed by atoms with E-state index in [-0.39, 0.29) is 5.56 Å². The van der Waals surface area contributed by atoms with E-state index in [0.717, 1.165) is 6.92 Å². The fourth-order valence-electron chi connectivity index (χ4n) is 1.00. The van der Waals surface area contributed by atoms with Crippen LogP contribution in [0.2, 0.25) is 5.02 Å². The number of nitrogens with one attached hydrogen (secondary N) is 1. The second-order valence-electron chi connectivity index (χ2n) is 3.38. The lowest BCUT2D eigenvalue weighted by Crippen LogP contribution is -2.34. The molecule has 16 heavy (non-hydrogen) atoms. The van der Waals surface area contributed by atoms with Crippen molar-refractivity contribution in [2.24, 2.45) is 0 Å². The fraction of sp³-hybridized carbons (Fsp3) is 0.300. The molecule has 2 nitrogen and oxygen atoms in total. The van der Waals surface area contributed by atoms with E-state index in [9.17, 15) is 13.6 Å². The summed E-state index contributed by atoms with van der Waals surface area (Å²) in [4.78, 5) is 11.5. The van der Waals surface area contributed by atoms with Gasteiger partial charge in [0.2, 0.25) is 0 Å². The molecule has 0 bridgehead atoms. The highest BCUT2D eigenvalue weighted by molar-refractivity contribution is 9.10. The van der Waals surface area contributed by atoms with Crippen molar-refractivity contribution in [3.05, 3.63) is 33.3 Å². The standard InChI is InChI=1S/C10H9BrClF2NO/c1-10(13,14)5-15-9(16)7-4-6(12)2-3-8(7)11/h2-4H,5H2,1H3,(H,15,16). The molecule has 1 N–H and O–H groups in total. The second kappa shape index (κ2) is 5.10. The SMILES string of the molecule is CC(F)(F)CNC(=O)c1cc(Cl)ccc1Br. The van der Waals surface area contributed by atoms with Crippen LogP contribution in [0.15, 0.2) is 22.7 Å². The van der Waals surface area contributed by atoms with E-state index >= 15 is 0 Å². The van der Waals surface area contributed by atoms with Crippen molar-refractivity contribution in [1.29, 1.82) is 0 Å². The smallest absolute Gasteiger partial charge is 0.262 e. The normalized spacial score (nSPS) is 11.3. The first-order chi connectivity index (χ1) is 7.29. The van der Waals surface area contributed by atoms with Crippen LogP contribution >= 0.6 is 27.5 Å². The highest BCUT2D eigenvalue weighted by atomic mass is 79.9. The third-order valence-corrected chi connectivity index (χ3v) is 2.66. The predicted molar refractivity (Wildman–Crippen MR) is 62.1 cm³/mol. The van der Waals surface area contributed by atoms with Gasteiger partial charge < -0.3 is 5.32 Å².